The number of nitrogens with one attached hydrogen (secondary N) is 1. The molecule has 100 valence electrons. The minimum atomic E-state index is -1.10. The smallest absolute Gasteiger partial charge is 0.365 e. The molecule has 0 fully saturated rings. The summed E-state index contributed by atoms with van der Waals surface area (Å²) in [5, 5.41) is 12.8. The van der Waals surface area contributed by atoms with Crippen molar-refractivity contribution in [1.82, 2.24) is 10.3 Å². The van der Waals surface area contributed by atoms with Gasteiger partial charge in [0.05, 0.1) is 0 Å². The van der Waals surface area contributed by atoms with Crippen LogP contribution >= 0.6 is 11.3 Å². The summed E-state index contributed by atoms with van der Waals surface area (Å²) in [5.74, 6) is -0.725. The number of nitrogens with zero attached hydrogens (tertiary/aromatic N) is 1. The molecule has 18 heavy (non-hydrogen) atoms. The van der Waals surface area contributed by atoms with Crippen LogP contribution in [0.1, 0.15) is 53.4 Å². The number of unbranched alkanes of at least 4 members (excludes halogenated alkanes) is 1. The van der Waals surface area contributed by atoms with Gasteiger partial charge < -0.3 is 10.4 Å². The highest BCUT2D eigenvalue weighted by Crippen LogP contribution is 2.09. The summed E-state index contributed by atoms with van der Waals surface area (Å²) >= 11 is 0.962. The second kappa shape index (κ2) is 7.10. The highest BCUT2D eigenvalue weighted by atomic mass is 32.1. The second-order valence-corrected chi connectivity index (χ2v) is 5.35. The van der Waals surface area contributed by atoms with Crippen molar-refractivity contribution in [3.05, 3.63) is 16.1 Å². The standard InChI is InChI=1S/C12H18N2O3S/c1-8(2)5-3-4-6-13-10(15)9-7-18-11(14-9)12(16)17/h7-8H,3-6H2,1-2H3,(H,13,15)(H,16,17). The van der Waals surface area contributed by atoms with Gasteiger partial charge in [0.1, 0.15) is 5.69 Å². The fourth-order valence-electron chi connectivity index (χ4n) is 1.45. The van der Waals surface area contributed by atoms with E-state index >= 15 is 0 Å². The van der Waals surface area contributed by atoms with Crippen LogP contribution in [-0.2, 0) is 0 Å². The van der Waals surface area contributed by atoms with Gasteiger partial charge in [-0.25, -0.2) is 9.78 Å². The number of carbonyl (C=O) groups is 2. The van der Waals surface area contributed by atoms with E-state index in [0.717, 1.165) is 30.6 Å². The molecule has 0 spiro atoms. The molecule has 2 N–H and O–H groups in total. The first-order valence-corrected chi connectivity index (χ1v) is 6.85. The van der Waals surface area contributed by atoms with E-state index < -0.39 is 5.97 Å². The molecule has 0 aliphatic carbocycles. The Hall–Kier alpha value is -1.43. The van der Waals surface area contributed by atoms with Crippen LogP contribution < -0.4 is 5.32 Å². The molecule has 1 aromatic rings. The van der Waals surface area contributed by atoms with Crippen molar-refractivity contribution in [2.45, 2.75) is 33.1 Å². The van der Waals surface area contributed by atoms with Crippen LogP contribution in [0.4, 0.5) is 0 Å². The summed E-state index contributed by atoms with van der Waals surface area (Å²) in [5.41, 5.74) is 0.182. The Morgan fingerprint density at radius 1 is 1.44 bits per heavy atom. The Kier molecular flexibility index (Phi) is 5.77. The Morgan fingerprint density at radius 2 is 2.17 bits per heavy atom. The molecule has 0 aliphatic heterocycles. The summed E-state index contributed by atoms with van der Waals surface area (Å²) in [4.78, 5) is 26.0. The van der Waals surface area contributed by atoms with Gasteiger partial charge in [-0.2, -0.15) is 0 Å². The lowest BCUT2D eigenvalue weighted by molar-refractivity contribution is 0.0696. The predicted molar refractivity (Wildman–Crippen MR) is 70.1 cm³/mol. The van der Waals surface area contributed by atoms with E-state index in [1.165, 1.54) is 5.38 Å². The van der Waals surface area contributed by atoms with Crippen LogP contribution in [0.5, 0.6) is 0 Å². The highest BCUT2D eigenvalue weighted by molar-refractivity contribution is 7.11. The molecule has 0 saturated carbocycles. The zero-order valence-corrected chi connectivity index (χ0v) is 11.4. The third-order valence-electron chi connectivity index (χ3n) is 2.41. The van der Waals surface area contributed by atoms with E-state index in [4.69, 9.17) is 5.11 Å². The minimum absolute atomic E-state index is 0.0556. The molecule has 1 heterocycles. The van der Waals surface area contributed by atoms with Crippen molar-refractivity contribution in [3.8, 4) is 0 Å². The molecule has 0 radical (unpaired) electrons. The van der Waals surface area contributed by atoms with Crippen molar-refractivity contribution in [1.29, 1.82) is 0 Å². The van der Waals surface area contributed by atoms with Gasteiger partial charge >= 0.3 is 5.97 Å². The van der Waals surface area contributed by atoms with E-state index in [-0.39, 0.29) is 16.6 Å². The predicted octanol–water partition coefficient (Wildman–Crippen LogP) is 2.40. The quantitative estimate of drug-likeness (QED) is 0.746. The normalized spacial score (nSPS) is 10.6. The lowest BCUT2D eigenvalue weighted by atomic mass is 10.1. The summed E-state index contributed by atoms with van der Waals surface area (Å²) in [6, 6.07) is 0. The Balaban J connectivity index is 2.30. The van der Waals surface area contributed by atoms with Gasteiger partial charge in [0.15, 0.2) is 0 Å². The maximum absolute atomic E-state index is 11.6. The van der Waals surface area contributed by atoms with Gasteiger partial charge in [0.2, 0.25) is 5.01 Å². The van der Waals surface area contributed by atoms with Crippen molar-refractivity contribution in [3.63, 3.8) is 0 Å². The van der Waals surface area contributed by atoms with Gasteiger partial charge in [0.25, 0.3) is 5.91 Å². The molecule has 6 heteroatoms. The van der Waals surface area contributed by atoms with E-state index in [9.17, 15) is 9.59 Å². The van der Waals surface area contributed by atoms with Crippen molar-refractivity contribution in [2.24, 2.45) is 5.92 Å². The van der Waals surface area contributed by atoms with Crippen molar-refractivity contribution >= 4 is 23.2 Å². The summed E-state index contributed by atoms with van der Waals surface area (Å²) in [6.45, 7) is 4.94. The lowest BCUT2D eigenvalue weighted by Crippen LogP contribution is -2.24. The topological polar surface area (TPSA) is 79.3 Å². The molecule has 0 saturated heterocycles. The van der Waals surface area contributed by atoms with Crippen LogP contribution in [0.25, 0.3) is 0 Å². The van der Waals surface area contributed by atoms with Gasteiger partial charge in [0, 0.05) is 11.9 Å². The van der Waals surface area contributed by atoms with Crippen molar-refractivity contribution in [2.75, 3.05) is 6.54 Å². The zero-order valence-electron chi connectivity index (χ0n) is 10.6. The number of amides is 1. The molecular weight excluding hydrogens is 252 g/mol. The largest absolute Gasteiger partial charge is 0.476 e. The SMILES string of the molecule is CC(C)CCCCNC(=O)c1csc(C(=O)O)n1. The molecule has 0 bridgehead atoms. The number of thiazole rings is 1. The van der Waals surface area contributed by atoms with Crippen LogP contribution in [0.3, 0.4) is 0 Å². The molecule has 1 amide bonds. The summed E-state index contributed by atoms with van der Waals surface area (Å²) < 4.78 is 0. The molecule has 1 rings (SSSR count). The number of aromatic nitrogens is 1. The Labute approximate surface area is 110 Å². The highest BCUT2D eigenvalue weighted by Gasteiger charge is 2.13. The maximum Gasteiger partial charge on any atom is 0.365 e. The van der Waals surface area contributed by atoms with E-state index in [1.807, 2.05) is 0 Å². The number of hydrogen-bond donors (Lipinski definition) is 2. The number of carbonyl (C=O) groups excluding carboxylic acids is 1. The number of carboxylic acid groups (broad SMARTS) is 1. The van der Waals surface area contributed by atoms with Crippen LogP contribution in [0, 0.1) is 5.92 Å². The molecule has 0 atom stereocenters. The molecule has 1 aromatic heterocycles. The molecule has 0 aliphatic rings. The monoisotopic (exact) mass is 270 g/mol. The van der Waals surface area contributed by atoms with E-state index in [1.54, 1.807) is 0 Å². The fourth-order valence-corrected chi connectivity index (χ4v) is 2.08. The zero-order chi connectivity index (χ0) is 13.5. The van der Waals surface area contributed by atoms with Gasteiger partial charge in [-0.05, 0) is 12.3 Å². The molecule has 0 aromatic carbocycles. The Bertz CT molecular complexity index is 415. The molecular formula is C12H18N2O3S. The number of rotatable bonds is 7. The third-order valence-corrected chi connectivity index (χ3v) is 3.24. The summed E-state index contributed by atoms with van der Waals surface area (Å²) in [7, 11) is 0. The number of carboxylic acids is 1. The third kappa shape index (κ3) is 4.83. The number of aromatic carboxylic acids is 1. The first kappa shape index (κ1) is 14.6. The summed E-state index contributed by atoms with van der Waals surface area (Å²) in [6.07, 6.45) is 3.16. The van der Waals surface area contributed by atoms with Gasteiger partial charge in [-0.3, -0.25) is 4.79 Å². The van der Waals surface area contributed by atoms with E-state index in [2.05, 4.69) is 24.1 Å². The van der Waals surface area contributed by atoms with E-state index in [0.29, 0.717) is 12.5 Å². The van der Waals surface area contributed by atoms with Crippen LogP contribution in [0.15, 0.2) is 5.38 Å². The maximum atomic E-state index is 11.6. The fraction of sp³-hybridized carbons (Fsp3) is 0.583. The van der Waals surface area contributed by atoms with Gasteiger partial charge in [-0.1, -0.05) is 26.7 Å². The first-order valence-electron chi connectivity index (χ1n) is 5.97. The lowest BCUT2D eigenvalue weighted by Gasteiger charge is -2.05. The first-order chi connectivity index (χ1) is 8.50. The second-order valence-electron chi connectivity index (χ2n) is 4.49. The van der Waals surface area contributed by atoms with Crippen molar-refractivity contribution < 1.29 is 14.7 Å². The number of hydrogen-bond acceptors (Lipinski definition) is 4. The van der Waals surface area contributed by atoms with Gasteiger partial charge in [-0.15, -0.1) is 11.3 Å². The Morgan fingerprint density at radius 3 is 2.72 bits per heavy atom. The minimum Gasteiger partial charge on any atom is -0.476 e. The average Bonchev–Trinajstić information content (AvgIpc) is 2.77. The van der Waals surface area contributed by atoms with Crippen LogP contribution in [0.2, 0.25) is 0 Å². The average molecular weight is 270 g/mol. The molecule has 5 nitrogen and oxygen atoms in total. The van der Waals surface area contributed by atoms with Crippen LogP contribution in [-0.4, -0.2) is 28.5 Å². The molecule has 0 unspecified atom stereocenters.